The number of fused-ring (bicyclic) bond motifs is 1. The second-order valence-corrected chi connectivity index (χ2v) is 5.60. The minimum atomic E-state index is 0.539. The lowest BCUT2D eigenvalue weighted by molar-refractivity contribution is 0.00923. The van der Waals surface area contributed by atoms with Crippen molar-refractivity contribution >= 4 is 23.1 Å². The Labute approximate surface area is 139 Å². The van der Waals surface area contributed by atoms with Crippen LogP contribution in [-0.4, -0.2) is 23.2 Å². The standard InChI is InChI=1S/C18H16ClN3O/c1-12-10-17(20-2)21-16-9-8-14(19)11-15(16)18(22(12)23)13-6-4-3-5-7-13/h3-11,23H,1-2H3/b12-10-,18-15-,20-17?,21-16?. The number of hydrogen-bond acceptors (Lipinski definition) is 3. The summed E-state index contributed by atoms with van der Waals surface area (Å²) in [6, 6.07) is 15.1. The molecule has 0 fully saturated rings. The molecule has 0 atom stereocenters. The summed E-state index contributed by atoms with van der Waals surface area (Å²) >= 11 is 6.18. The van der Waals surface area contributed by atoms with E-state index >= 15 is 0 Å². The third-order valence-corrected chi connectivity index (χ3v) is 3.84. The molecule has 0 saturated heterocycles. The van der Waals surface area contributed by atoms with E-state index in [-0.39, 0.29) is 0 Å². The number of benzene rings is 2. The molecule has 1 heterocycles. The Morgan fingerprint density at radius 1 is 1.13 bits per heavy atom. The molecule has 0 saturated carbocycles. The smallest absolute Gasteiger partial charge is 0.149 e. The average molecular weight is 326 g/mol. The predicted molar refractivity (Wildman–Crippen MR) is 91.9 cm³/mol. The largest absolute Gasteiger partial charge is 0.284 e. The highest BCUT2D eigenvalue weighted by atomic mass is 35.5. The fourth-order valence-corrected chi connectivity index (χ4v) is 2.65. The maximum Gasteiger partial charge on any atom is 0.149 e. The van der Waals surface area contributed by atoms with Crippen LogP contribution in [-0.2, 0) is 0 Å². The van der Waals surface area contributed by atoms with Gasteiger partial charge in [-0.1, -0.05) is 41.9 Å². The lowest BCUT2D eigenvalue weighted by Crippen LogP contribution is -2.35. The van der Waals surface area contributed by atoms with Gasteiger partial charge < -0.3 is 0 Å². The molecule has 1 aliphatic rings. The number of allylic oxidation sites excluding steroid dienone is 1. The molecule has 2 aromatic rings. The number of halogens is 1. The van der Waals surface area contributed by atoms with Crippen molar-refractivity contribution in [1.82, 2.24) is 5.06 Å². The normalized spacial score (nSPS) is 21.0. The molecule has 0 aromatic heterocycles. The SMILES string of the molecule is CN=C1/C=C(/C)N(O)/C(c2ccccc2)=c2/cc(Cl)ccc2=N1. The van der Waals surface area contributed by atoms with Crippen LogP contribution in [0.1, 0.15) is 12.5 Å². The fourth-order valence-electron chi connectivity index (χ4n) is 2.48. The van der Waals surface area contributed by atoms with Crippen molar-refractivity contribution in [3.05, 3.63) is 81.5 Å². The molecular weight excluding hydrogens is 310 g/mol. The number of hydroxylamine groups is 2. The summed E-state index contributed by atoms with van der Waals surface area (Å²) in [5.41, 5.74) is 2.13. The molecule has 0 spiro atoms. The van der Waals surface area contributed by atoms with Crippen LogP contribution in [0.15, 0.2) is 70.3 Å². The van der Waals surface area contributed by atoms with Crippen LogP contribution in [0, 0.1) is 0 Å². The van der Waals surface area contributed by atoms with Gasteiger partial charge in [-0.05, 0) is 25.1 Å². The third kappa shape index (κ3) is 3.04. The number of amidine groups is 1. The first-order chi connectivity index (χ1) is 11.1. The second kappa shape index (κ2) is 6.36. The van der Waals surface area contributed by atoms with Gasteiger partial charge >= 0.3 is 0 Å². The Balaban J connectivity index is 2.49. The number of nitrogens with zero attached hydrogens (tertiary/aromatic N) is 3. The van der Waals surface area contributed by atoms with Crippen LogP contribution < -0.4 is 10.6 Å². The van der Waals surface area contributed by atoms with Crippen LogP contribution >= 0.6 is 11.6 Å². The highest BCUT2D eigenvalue weighted by molar-refractivity contribution is 6.30. The lowest BCUT2D eigenvalue weighted by Gasteiger charge is -2.23. The van der Waals surface area contributed by atoms with Gasteiger partial charge in [0.2, 0.25) is 0 Å². The van der Waals surface area contributed by atoms with Crippen molar-refractivity contribution < 1.29 is 5.21 Å². The van der Waals surface area contributed by atoms with Crippen molar-refractivity contribution in [2.45, 2.75) is 6.92 Å². The highest BCUT2D eigenvalue weighted by Gasteiger charge is 2.16. The number of aliphatic imine (C=N–C) groups is 1. The summed E-state index contributed by atoms with van der Waals surface area (Å²) in [7, 11) is 1.67. The van der Waals surface area contributed by atoms with E-state index in [9.17, 15) is 5.21 Å². The Bertz CT molecular complexity index is 917. The summed E-state index contributed by atoms with van der Waals surface area (Å²) in [5, 5.41) is 13.9. The minimum Gasteiger partial charge on any atom is -0.284 e. The molecule has 3 rings (SSSR count). The lowest BCUT2D eigenvalue weighted by atomic mass is 10.1. The predicted octanol–water partition coefficient (Wildman–Crippen LogP) is 2.75. The quantitative estimate of drug-likeness (QED) is 0.876. The van der Waals surface area contributed by atoms with Gasteiger partial charge in [0.1, 0.15) is 5.84 Å². The van der Waals surface area contributed by atoms with Gasteiger partial charge in [-0.25, -0.2) is 10.1 Å². The maximum atomic E-state index is 10.7. The van der Waals surface area contributed by atoms with Gasteiger partial charge in [0.05, 0.1) is 11.1 Å². The Kier molecular flexibility index (Phi) is 4.28. The first-order valence-corrected chi connectivity index (χ1v) is 7.56. The Morgan fingerprint density at radius 2 is 1.87 bits per heavy atom. The van der Waals surface area contributed by atoms with Gasteiger partial charge in [0.15, 0.2) is 0 Å². The van der Waals surface area contributed by atoms with Crippen LogP contribution in [0.4, 0.5) is 0 Å². The molecule has 23 heavy (non-hydrogen) atoms. The van der Waals surface area contributed by atoms with Crippen molar-refractivity contribution in [2.75, 3.05) is 7.05 Å². The summed E-state index contributed by atoms with van der Waals surface area (Å²) in [6.45, 7) is 1.80. The van der Waals surface area contributed by atoms with Crippen LogP contribution in [0.5, 0.6) is 0 Å². The highest BCUT2D eigenvalue weighted by Crippen LogP contribution is 2.19. The van der Waals surface area contributed by atoms with Crippen molar-refractivity contribution in [2.24, 2.45) is 9.98 Å². The Hall–Kier alpha value is -2.43. The zero-order chi connectivity index (χ0) is 16.4. The van der Waals surface area contributed by atoms with E-state index in [4.69, 9.17) is 11.6 Å². The first-order valence-electron chi connectivity index (χ1n) is 7.18. The van der Waals surface area contributed by atoms with E-state index in [0.717, 1.165) is 15.8 Å². The van der Waals surface area contributed by atoms with Crippen molar-refractivity contribution in [1.29, 1.82) is 0 Å². The number of rotatable bonds is 1. The summed E-state index contributed by atoms with van der Waals surface area (Å²) in [6.07, 6.45) is 1.74. The maximum absolute atomic E-state index is 10.7. The van der Waals surface area contributed by atoms with E-state index < -0.39 is 0 Å². The topological polar surface area (TPSA) is 48.2 Å². The summed E-state index contributed by atoms with van der Waals surface area (Å²) in [4.78, 5) is 8.72. The van der Waals surface area contributed by atoms with Crippen LogP contribution in [0.3, 0.4) is 0 Å². The Morgan fingerprint density at radius 3 is 2.57 bits per heavy atom. The number of hydrogen-bond donors (Lipinski definition) is 1. The molecule has 4 nitrogen and oxygen atoms in total. The van der Waals surface area contributed by atoms with Crippen LogP contribution in [0.25, 0.3) is 5.70 Å². The zero-order valence-corrected chi connectivity index (χ0v) is 13.6. The molecular formula is C18H16ClN3O. The van der Waals surface area contributed by atoms with Crippen LogP contribution in [0.2, 0.25) is 5.02 Å². The van der Waals surface area contributed by atoms with Gasteiger partial charge in [0.25, 0.3) is 0 Å². The molecule has 0 bridgehead atoms. The molecule has 116 valence electrons. The van der Waals surface area contributed by atoms with E-state index in [0.29, 0.717) is 27.6 Å². The van der Waals surface area contributed by atoms with Gasteiger partial charge in [-0.2, -0.15) is 0 Å². The molecule has 2 aromatic carbocycles. The summed E-state index contributed by atoms with van der Waals surface area (Å²) < 4.78 is 0. The minimum absolute atomic E-state index is 0.539. The molecule has 0 aliphatic carbocycles. The van der Waals surface area contributed by atoms with E-state index in [1.54, 1.807) is 32.2 Å². The monoisotopic (exact) mass is 325 g/mol. The third-order valence-electron chi connectivity index (χ3n) is 3.61. The van der Waals surface area contributed by atoms with E-state index in [1.807, 2.05) is 36.4 Å². The summed E-state index contributed by atoms with van der Waals surface area (Å²) in [5.74, 6) is 0.539. The molecule has 0 radical (unpaired) electrons. The molecule has 0 amide bonds. The second-order valence-electron chi connectivity index (χ2n) is 5.17. The average Bonchev–Trinajstić information content (AvgIpc) is 2.56. The molecule has 1 aliphatic heterocycles. The van der Waals surface area contributed by atoms with E-state index in [1.165, 1.54) is 0 Å². The van der Waals surface area contributed by atoms with E-state index in [2.05, 4.69) is 9.98 Å². The first kappa shape index (κ1) is 15.5. The van der Waals surface area contributed by atoms with Crippen molar-refractivity contribution in [3.8, 4) is 0 Å². The molecule has 0 unspecified atom stereocenters. The molecule has 5 heteroatoms. The fraction of sp³-hybridized carbons (Fsp3) is 0.111. The van der Waals surface area contributed by atoms with Gasteiger partial charge in [0, 0.05) is 34.6 Å². The van der Waals surface area contributed by atoms with Crippen molar-refractivity contribution in [3.63, 3.8) is 0 Å². The van der Waals surface area contributed by atoms with Gasteiger partial charge in [-0.15, -0.1) is 0 Å². The zero-order valence-electron chi connectivity index (χ0n) is 12.9. The molecule has 1 N–H and O–H groups in total. The van der Waals surface area contributed by atoms with Gasteiger partial charge in [-0.3, -0.25) is 10.2 Å².